The molecule has 1 amide bonds. The molecule has 3 aromatic rings. The van der Waals surface area contributed by atoms with Gasteiger partial charge >= 0.3 is 5.69 Å². The van der Waals surface area contributed by atoms with E-state index in [1.165, 1.54) is 0 Å². The minimum absolute atomic E-state index is 0.312. The molecule has 0 radical (unpaired) electrons. The van der Waals surface area contributed by atoms with Gasteiger partial charge in [-0.05, 0) is 55.5 Å². The summed E-state index contributed by atoms with van der Waals surface area (Å²) < 4.78 is 2.15. The number of rotatable bonds is 6. The van der Waals surface area contributed by atoms with Crippen LogP contribution in [-0.2, 0) is 0 Å². The molecule has 1 N–H and O–H groups in total. The minimum atomic E-state index is -0.713. The van der Waals surface area contributed by atoms with Crippen LogP contribution < -0.4 is 16.6 Å². The molecule has 7 nitrogen and oxygen atoms in total. The number of nitrogens with zero attached hydrogens (tertiary/aromatic N) is 3. The van der Waals surface area contributed by atoms with Gasteiger partial charge in [-0.1, -0.05) is 41.9 Å². The van der Waals surface area contributed by atoms with Crippen molar-refractivity contribution in [2.45, 2.75) is 25.8 Å². The summed E-state index contributed by atoms with van der Waals surface area (Å²) in [5, 5.41) is 7.39. The van der Waals surface area contributed by atoms with Crippen LogP contribution in [0, 0.1) is 5.92 Å². The Labute approximate surface area is 177 Å². The molecule has 1 aliphatic rings. The van der Waals surface area contributed by atoms with E-state index in [4.69, 9.17) is 11.6 Å². The summed E-state index contributed by atoms with van der Waals surface area (Å²) in [6, 6.07) is 15.1. The first-order valence-electron chi connectivity index (χ1n) is 9.80. The van der Waals surface area contributed by atoms with Gasteiger partial charge in [-0.3, -0.25) is 9.59 Å². The molecule has 1 heterocycles. The normalized spacial score (nSPS) is 14.3. The Balaban J connectivity index is 1.86. The second-order valence-corrected chi connectivity index (χ2v) is 7.87. The van der Waals surface area contributed by atoms with Crippen LogP contribution in [0.1, 0.15) is 41.9 Å². The second-order valence-electron chi connectivity index (χ2n) is 7.43. The highest BCUT2D eigenvalue weighted by molar-refractivity contribution is 6.30. The molecule has 30 heavy (non-hydrogen) atoms. The first kappa shape index (κ1) is 20.1. The van der Waals surface area contributed by atoms with Crippen LogP contribution in [0.15, 0.2) is 64.2 Å². The molecular formula is C22H21ClN4O3. The molecule has 1 fully saturated rings. The summed E-state index contributed by atoms with van der Waals surface area (Å²) in [4.78, 5) is 39.1. The van der Waals surface area contributed by atoms with E-state index in [0.29, 0.717) is 23.2 Å². The largest absolute Gasteiger partial charge is 0.352 e. The zero-order valence-corrected chi connectivity index (χ0v) is 17.2. The fourth-order valence-electron chi connectivity index (χ4n) is 3.25. The lowest BCUT2D eigenvalue weighted by atomic mass is 10.1. The van der Waals surface area contributed by atoms with Crippen molar-refractivity contribution in [1.29, 1.82) is 0 Å². The van der Waals surface area contributed by atoms with Crippen LogP contribution in [0.2, 0.25) is 5.02 Å². The van der Waals surface area contributed by atoms with E-state index < -0.39 is 23.2 Å². The number of amides is 1. The van der Waals surface area contributed by atoms with Crippen molar-refractivity contribution in [3.8, 4) is 5.69 Å². The van der Waals surface area contributed by atoms with Crippen LogP contribution in [0.4, 0.5) is 0 Å². The number of hydrogen-bond acceptors (Lipinski definition) is 4. The average molecular weight is 425 g/mol. The molecule has 1 saturated carbocycles. The maximum absolute atomic E-state index is 13.2. The average Bonchev–Trinajstić information content (AvgIpc) is 3.58. The topological polar surface area (TPSA) is 86.0 Å². The van der Waals surface area contributed by atoms with E-state index in [0.717, 1.165) is 27.7 Å². The summed E-state index contributed by atoms with van der Waals surface area (Å²) in [5.41, 5.74) is -0.468. The maximum atomic E-state index is 13.2. The van der Waals surface area contributed by atoms with Crippen LogP contribution in [0.3, 0.4) is 0 Å². The van der Waals surface area contributed by atoms with Crippen LogP contribution in [0.25, 0.3) is 5.69 Å². The molecular weight excluding hydrogens is 404 g/mol. The second kappa shape index (κ2) is 8.28. The smallest absolute Gasteiger partial charge is 0.350 e. The summed E-state index contributed by atoms with van der Waals surface area (Å²) >= 11 is 5.96. The molecule has 0 unspecified atom stereocenters. The van der Waals surface area contributed by atoms with Gasteiger partial charge < -0.3 is 5.32 Å². The van der Waals surface area contributed by atoms with Crippen LogP contribution in [0.5, 0.6) is 0 Å². The Morgan fingerprint density at radius 2 is 1.80 bits per heavy atom. The summed E-state index contributed by atoms with van der Waals surface area (Å²) in [6.45, 7) is 2.24. The van der Waals surface area contributed by atoms with Crippen molar-refractivity contribution in [1.82, 2.24) is 19.7 Å². The Hall–Kier alpha value is -3.19. The third kappa shape index (κ3) is 4.07. The van der Waals surface area contributed by atoms with E-state index >= 15 is 0 Å². The molecule has 1 aliphatic carbocycles. The van der Waals surface area contributed by atoms with Crippen molar-refractivity contribution < 1.29 is 4.79 Å². The molecule has 0 saturated heterocycles. The van der Waals surface area contributed by atoms with Crippen molar-refractivity contribution in [3.05, 3.63) is 91.7 Å². The summed E-state index contributed by atoms with van der Waals surface area (Å²) in [5.74, 6) is -0.134. The van der Waals surface area contributed by atoms with Gasteiger partial charge in [0, 0.05) is 11.6 Å². The molecule has 0 spiro atoms. The number of hydrogen-bond donors (Lipinski definition) is 1. The Morgan fingerprint density at radius 1 is 1.13 bits per heavy atom. The number of halogens is 1. The highest BCUT2D eigenvalue weighted by Gasteiger charge is 2.26. The summed E-state index contributed by atoms with van der Waals surface area (Å²) in [7, 11) is 0. The van der Waals surface area contributed by atoms with E-state index in [2.05, 4.69) is 10.4 Å². The van der Waals surface area contributed by atoms with E-state index in [-0.39, 0.29) is 5.69 Å². The number of benzene rings is 2. The fraction of sp³-hybridized carbons (Fsp3) is 0.273. The molecule has 8 heteroatoms. The quantitative estimate of drug-likeness (QED) is 0.659. The van der Waals surface area contributed by atoms with E-state index in [9.17, 15) is 14.4 Å². The first-order valence-corrected chi connectivity index (χ1v) is 10.2. The number of nitrogens with one attached hydrogen (secondary N) is 1. The van der Waals surface area contributed by atoms with Gasteiger partial charge in [0.1, 0.15) is 0 Å². The monoisotopic (exact) mass is 424 g/mol. The van der Waals surface area contributed by atoms with E-state index in [1.54, 1.807) is 31.2 Å². The lowest BCUT2D eigenvalue weighted by molar-refractivity contribution is 0.0941. The van der Waals surface area contributed by atoms with Crippen molar-refractivity contribution in [2.24, 2.45) is 5.92 Å². The molecule has 154 valence electrons. The Morgan fingerprint density at radius 3 is 2.43 bits per heavy atom. The van der Waals surface area contributed by atoms with Crippen LogP contribution in [-0.4, -0.2) is 26.8 Å². The lowest BCUT2D eigenvalue weighted by Gasteiger charge is -2.17. The van der Waals surface area contributed by atoms with Gasteiger partial charge in [0.05, 0.1) is 11.7 Å². The van der Waals surface area contributed by atoms with Gasteiger partial charge in [0.2, 0.25) is 5.69 Å². The Kier molecular flexibility index (Phi) is 5.55. The predicted octanol–water partition coefficient (Wildman–Crippen LogP) is 2.80. The predicted molar refractivity (Wildman–Crippen MR) is 114 cm³/mol. The van der Waals surface area contributed by atoms with Gasteiger partial charge in [-0.2, -0.15) is 9.78 Å². The number of carbonyl (C=O) groups excluding carboxylic acids is 1. The summed E-state index contributed by atoms with van der Waals surface area (Å²) in [6.07, 6.45) is 2.13. The third-order valence-corrected chi connectivity index (χ3v) is 5.46. The molecule has 1 aromatic heterocycles. The maximum Gasteiger partial charge on any atom is 0.352 e. The minimum Gasteiger partial charge on any atom is -0.350 e. The van der Waals surface area contributed by atoms with E-state index in [1.807, 2.05) is 30.3 Å². The number of carbonyl (C=O) groups is 1. The Bertz CT molecular complexity index is 1180. The first-order chi connectivity index (χ1) is 14.5. The SMILES string of the molecule is C[C@@H](c1ccccc1)n1c(=O)c(C(=O)NCC2CC2)nn(-c2ccc(Cl)cc2)c1=O. The number of aromatic nitrogens is 3. The van der Waals surface area contributed by atoms with Gasteiger partial charge in [-0.25, -0.2) is 9.36 Å². The fourth-order valence-corrected chi connectivity index (χ4v) is 3.37. The van der Waals surface area contributed by atoms with Crippen molar-refractivity contribution >= 4 is 17.5 Å². The zero-order chi connectivity index (χ0) is 21.3. The standard InChI is InChI=1S/C22H21ClN4O3/c1-14(16-5-3-2-4-6-16)26-21(29)19(20(28)24-13-15-7-8-15)25-27(22(26)30)18-11-9-17(23)10-12-18/h2-6,9-12,14-15H,7-8,13H2,1H3,(H,24,28)/t14-/m0/s1. The highest BCUT2D eigenvalue weighted by atomic mass is 35.5. The highest BCUT2D eigenvalue weighted by Crippen LogP contribution is 2.27. The molecule has 0 bridgehead atoms. The molecule has 1 atom stereocenters. The molecule has 0 aliphatic heterocycles. The van der Waals surface area contributed by atoms with Gasteiger partial charge in [0.15, 0.2) is 0 Å². The van der Waals surface area contributed by atoms with Crippen molar-refractivity contribution in [2.75, 3.05) is 6.54 Å². The van der Waals surface area contributed by atoms with Crippen molar-refractivity contribution in [3.63, 3.8) is 0 Å². The third-order valence-electron chi connectivity index (χ3n) is 5.21. The molecule has 4 rings (SSSR count). The van der Waals surface area contributed by atoms with Crippen LogP contribution >= 0.6 is 11.6 Å². The van der Waals surface area contributed by atoms with Gasteiger partial charge in [0.25, 0.3) is 11.5 Å². The lowest BCUT2D eigenvalue weighted by Crippen LogP contribution is -2.47. The zero-order valence-electron chi connectivity index (χ0n) is 16.4. The van der Waals surface area contributed by atoms with Gasteiger partial charge in [-0.15, -0.1) is 0 Å². The molecule has 2 aromatic carbocycles.